The molecule has 2 N–H and O–H groups in total. The number of hydrogen-bond acceptors (Lipinski definition) is 3. The second-order valence-electron chi connectivity index (χ2n) is 3.54. The second kappa shape index (κ2) is 9.15. The molecule has 0 aromatic heterocycles. The standard InChI is InChI=1S/C6H15N.C6H6O3S/c1-3-5-7-6-4-2;7-10(8,9)6-4-2-1-3-5-6/h7H,3-6H2,1-2H3;1-5H,(H,7,8,9). The zero-order valence-electron chi connectivity index (χ0n) is 10.4. The maximum Gasteiger partial charge on any atom is 0.294 e. The molecule has 0 saturated heterocycles. The molecule has 98 valence electrons. The van der Waals surface area contributed by atoms with Crippen molar-refractivity contribution in [1.29, 1.82) is 0 Å². The van der Waals surface area contributed by atoms with E-state index in [4.69, 9.17) is 4.55 Å². The first kappa shape index (κ1) is 16.1. The van der Waals surface area contributed by atoms with Gasteiger partial charge in [0.05, 0.1) is 4.90 Å². The quantitative estimate of drug-likeness (QED) is 0.629. The van der Waals surface area contributed by atoms with Crippen LogP contribution in [0, 0.1) is 0 Å². The predicted octanol–water partition coefficient (Wildman–Crippen LogP) is 2.33. The molecule has 0 unspecified atom stereocenters. The summed E-state index contributed by atoms with van der Waals surface area (Å²) >= 11 is 0. The van der Waals surface area contributed by atoms with Gasteiger partial charge in [0.1, 0.15) is 0 Å². The third-order valence-corrected chi connectivity index (χ3v) is 2.76. The van der Waals surface area contributed by atoms with Gasteiger partial charge in [-0.05, 0) is 38.1 Å². The average molecular weight is 259 g/mol. The zero-order chi connectivity index (χ0) is 13.1. The van der Waals surface area contributed by atoms with E-state index in [9.17, 15) is 8.42 Å². The van der Waals surface area contributed by atoms with Crippen LogP contribution in [0.2, 0.25) is 0 Å². The minimum absolute atomic E-state index is 0.0741. The molecule has 0 fully saturated rings. The molecule has 0 amide bonds. The SMILES string of the molecule is CCCNCCC.O=S(=O)(O)c1ccccc1. The molecular formula is C12H21NO3S. The number of benzene rings is 1. The van der Waals surface area contributed by atoms with Gasteiger partial charge in [-0.15, -0.1) is 0 Å². The van der Waals surface area contributed by atoms with Crippen molar-refractivity contribution in [2.45, 2.75) is 31.6 Å². The van der Waals surface area contributed by atoms with Crippen LogP contribution in [0.3, 0.4) is 0 Å². The minimum atomic E-state index is -4.00. The molecular weight excluding hydrogens is 238 g/mol. The van der Waals surface area contributed by atoms with Crippen LogP contribution >= 0.6 is 0 Å². The van der Waals surface area contributed by atoms with Crippen molar-refractivity contribution in [3.63, 3.8) is 0 Å². The summed E-state index contributed by atoms with van der Waals surface area (Å²) < 4.78 is 29.2. The molecule has 0 atom stereocenters. The van der Waals surface area contributed by atoms with Crippen LogP contribution in [0.1, 0.15) is 26.7 Å². The van der Waals surface area contributed by atoms with Gasteiger partial charge in [0.2, 0.25) is 0 Å². The Morgan fingerprint density at radius 2 is 1.53 bits per heavy atom. The van der Waals surface area contributed by atoms with Gasteiger partial charge < -0.3 is 5.32 Å². The molecule has 0 aliphatic rings. The first-order valence-electron chi connectivity index (χ1n) is 5.75. The zero-order valence-corrected chi connectivity index (χ0v) is 11.2. The molecule has 0 radical (unpaired) electrons. The van der Waals surface area contributed by atoms with E-state index in [0.717, 1.165) is 0 Å². The molecule has 1 aromatic rings. The van der Waals surface area contributed by atoms with Crippen LogP contribution in [-0.4, -0.2) is 26.1 Å². The van der Waals surface area contributed by atoms with Crippen molar-refractivity contribution in [3.05, 3.63) is 30.3 Å². The minimum Gasteiger partial charge on any atom is -0.317 e. The smallest absolute Gasteiger partial charge is 0.294 e. The largest absolute Gasteiger partial charge is 0.317 e. The van der Waals surface area contributed by atoms with Crippen molar-refractivity contribution in [1.82, 2.24) is 5.32 Å². The molecule has 0 bridgehead atoms. The van der Waals surface area contributed by atoms with Gasteiger partial charge >= 0.3 is 0 Å². The molecule has 17 heavy (non-hydrogen) atoms. The first-order chi connectivity index (χ1) is 8.02. The van der Waals surface area contributed by atoms with Gasteiger partial charge in [-0.25, -0.2) is 0 Å². The lowest BCUT2D eigenvalue weighted by molar-refractivity contribution is 0.483. The van der Waals surface area contributed by atoms with Crippen LogP contribution in [-0.2, 0) is 10.1 Å². The molecule has 0 heterocycles. The lowest BCUT2D eigenvalue weighted by Crippen LogP contribution is -2.14. The maximum absolute atomic E-state index is 10.4. The first-order valence-corrected chi connectivity index (χ1v) is 7.19. The van der Waals surface area contributed by atoms with E-state index < -0.39 is 10.1 Å². The van der Waals surface area contributed by atoms with Crippen LogP contribution in [0.5, 0.6) is 0 Å². The van der Waals surface area contributed by atoms with Gasteiger partial charge in [-0.3, -0.25) is 4.55 Å². The second-order valence-corrected chi connectivity index (χ2v) is 4.96. The Bertz CT molecular complexity index is 372. The van der Waals surface area contributed by atoms with Crippen LogP contribution in [0.25, 0.3) is 0 Å². The lowest BCUT2D eigenvalue weighted by atomic mass is 10.4. The Morgan fingerprint density at radius 3 is 1.82 bits per heavy atom. The summed E-state index contributed by atoms with van der Waals surface area (Å²) in [6.45, 7) is 6.72. The Balaban J connectivity index is 0.000000325. The fraction of sp³-hybridized carbons (Fsp3) is 0.500. The summed E-state index contributed by atoms with van der Waals surface area (Å²) in [5, 5.41) is 3.28. The van der Waals surface area contributed by atoms with E-state index in [0.29, 0.717) is 0 Å². The van der Waals surface area contributed by atoms with E-state index in [1.54, 1.807) is 18.2 Å². The summed E-state index contributed by atoms with van der Waals surface area (Å²) in [5.74, 6) is 0. The Kier molecular flexibility index (Phi) is 8.66. The van der Waals surface area contributed by atoms with Gasteiger partial charge in [0.15, 0.2) is 0 Å². The van der Waals surface area contributed by atoms with Crippen molar-refractivity contribution in [3.8, 4) is 0 Å². The monoisotopic (exact) mass is 259 g/mol. The van der Waals surface area contributed by atoms with E-state index in [1.165, 1.54) is 38.1 Å². The molecule has 0 aliphatic heterocycles. The van der Waals surface area contributed by atoms with Gasteiger partial charge in [0.25, 0.3) is 10.1 Å². The molecule has 0 saturated carbocycles. The number of rotatable bonds is 5. The molecule has 1 rings (SSSR count). The molecule has 5 heteroatoms. The van der Waals surface area contributed by atoms with Crippen LogP contribution < -0.4 is 5.32 Å². The van der Waals surface area contributed by atoms with E-state index in [2.05, 4.69) is 19.2 Å². The van der Waals surface area contributed by atoms with Crippen LogP contribution in [0.15, 0.2) is 35.2 Å². The fourth-order valence-electron chi connectivity index (χ4n) is 1.07. The van der Waals surface area contributed by atoms with Crippen molar-refractivity contribution in [2.75, 3.05) is 13.1 Å². The predicted molar refractivity (Wildman–Crippen MR) is 69.7 cm³/mol. The third kappa shape index (κ3) is 8.85. The third-order valence-electron chi connectivity index (χ3n) is 1.89. The van der Waals surface area contributed by atoms with Gasteiger partial charge in [-0.2, -0.15) is 8.42 Å². The maximum atomic E-state index is 10.4. The molecule has 4 nitrogen and oxygen atoms in total. The Morgan fingerprint density at radius 1 is 1.06 bits per heavy atom. The molecule has 0 aliphatic carbocycles. The highest BCUT2D eigenvalue weighted by Gasteiger charge is 2.05. The van der Waals surface area contributed by atoms with Crippen molar-refractivity contribution in [2.24, 2.45) is 0 Å². The number of hydrogen-bond donors (Lipinski definition) is 2. The van der Waals surface area contributed by atoms with E-state index >= 15 is 0 Å². The summed E-state index contributed by atoms with van der Waals surface area (Å²) in [6, 6.07) is 7.42. The fourth-order valence-corrected chi connectivity index (χ4v) is 1.57. The Labute approximate surface area is 104 Å². The average Bonchev–Trinajstić information content (AvgIpc) is 2.31. The highest BCUT2D eigenvalue weighted by atomic mass is 32.2. The normalized spacial score (nSPS) is 10.5. The summed E-state index contributed by atoms with van der Waals surface area (Å²) in [7, 11) is -4.00. The number of nitrogens with one attached hydrogen (secondary N) is 1. The topological polar surface area (TPSA) is 66.4 Å². The van der Waals surface area contributed by atoms with Gasteiger partial charge in [-0.1, -0.05) is 32.0 Å². The Hall–Kier alpha value is -0.910. The molecule has 0 spiro atoms. The summed E-state index contributed by atoms with van der Waals surface area (Å²) in [4.78, 5) is -0.0741. The van der Waals surface area contributed by atoms with Crippen molar-refractivity contribution < 1.29 is 13.0 Å². The van der Waals surface area contributed by atoms with Crippen LogP contribution in [0.4, 0.5) is 0 Å². The molecule has 1 aromatic carbocycles. The summed E-state index contributed by atoms with van der Waals surface area (Å²) in [6.07, 6.45) is 2.50. The van der Waals surface area contributed by atoms with Gasteiger partial charge in [0, 0.05) is 0 Å². The summed E-state index contributed by atoms with van der Waals surface area (Å²) in [5.41, 5.74) is 0. The van der Waals surface area contributed by atoms with Crippen molar-refractivity contribution >= 4 is 10.1 Å². The van der Waals surface area contributed by atoms with E-state index in [1.807, 2.05) is 0 Å². The van der Waals surface area contributed by atoms with E-state index in [-0.39, 0.29) is 4.90 Å². The highest BCUT2D eigenvalue weighted by molar-refractivity contribution is 7.85. The highest BCUT2D eigenvalue weighted by Crippen LogP contribution is 2.05. The lowest BCUT2D eigenvalue weighted by Gasteiger charge is -1.95.